The van der Waals surface area contributed by atoms with Crippen LogP contribution in [0.2, 0.25) is 10.0 Å². The smallest absolute Gasteiger partial charge is 0.326 e. The number of amides is 1. The van der Waals surface area contributed by atoms with Crippen molar-refractivity contribution in [3.63, 3.8) is 0 Å². The average molecular weight is 328 g/mol. The number of carbonyl (C=O) groups is 2. The molecule has 0 spiro atoms. The van der Waals surface area contributed by atoms with E-state index in [0.717, 1.165) is 18.4 Å². The molecule has 3 unspecified atom stereocenters. The first kappa shape index (κ1) is 14.7. The van der Waals surface area contributed by atoms with E-state index in [1.54, 1.807) is 6.07 Å². The highest BCUT2D eigenvalue weighted by Crippen LogP contribution is 2.50. The zero-order valence-electron chi connectivity index (χ0n) is 11.3. The van der Waals surface area contributed by atoms with Crippen LogP contribution in [0, 0.1) is 5.92 Å². The molecule has 2 aliphatic rings. The van der Waals surface area contributed by atoms with Crippen LogP contribution in [0.3, 0.4) is 0 Å². The first-order valence-corrected chi connectivity index (χ1v) is 7.72. The third kappa shape index (κ3) is 2.87. The molecule has 1 aliphatic carbocycles. The number of nitrogens with zero attached hydrogens (tertiary/aromatic N) is 1. The van der Waals surface area contributed by atoms with Crippen molar-refractivity contribution in [1.29, 1.82) is 0 Å². The summed E-state index contributed by atoms with van der Waals surface area (Å²) in [6.07, 6.45) is 2.03. The lowest BCUT2D eigenvalue weighted by molar-refractivity contribution is -0.148. The summed E-state index contributed by atoms with van der Waals surface area (Å²) in [7, 11) is 0. The number of carbonyl (C=O) groups excluding carboxylic acids is 1. The Kier molecular flexibility index (Phi) is 3.84. The third-order valence-corrected chi connectivity index (χ3v) is 4.68. The van der Waals surface area contributed by atoms with Gasteiger partial charge < -0.3 is 10.0 Å². The van der Waals surface area contributed by atoms with E-state index in [9.17, 15) is 9.59 Å². The van der Waals surface area contributed by atoms with E-state index in [2.05, 4.69) is 0 Å². The van der Waals surface area contributed by atoms with Gasteiger partial charge in [0.25, 0.3) is 0 Å². The zero-order valence-corrected chi connectivity index (χ0v) is 12.8. The van der Waals surface area contributed by atoms with Crippen molar-refractivity contribution in [2.45, 2.75) is 31.2 Å². The number of rotatable bonds is 3. The summed E-state index contributed by atoms with van der Waals surface area (Å²) in [5, 5.41) is 10.3. The highest BCUT2D eigenvalue weighted by atomic mass is 35.5. The van der Waals surface area contributed by atoms with E-state index in [0.29, 0.717) is 23.0 Å². The van der Waals surface area contributed by atoms with Crippen molar-refractivity contribution in [2.24, 2.45) is 5.92 Å². The Morgan fingerprint density at radius 1 is 1.19 bits per heavy atom. The molecule has 3 atom stereocenters. The maximum Gasteiger partial charge on any atom is 0.326 e. The monoisotopic (exact) mass is 327 g/mol. The predicted octanol–water partition coefficient (Wildman–Crippen LogP) is 3.17. The quantitative estimate of drug-likeness (QED) is 0.927. The molecular formula is C15H15Cl2NO3. The number of likely N-dealkylation sites (tertiary alicyclic amines) is 1. The van der Waals surface area contributed by atoms with Crippen molar-refractivity contribution in [3.8, 4) is 0 Å². The van der Waals surface area contributed by atoms with Crippen LogP contribution < -0.4 is 0 Å². The summed E-state index contributed by atoms with van der Waals surface area (Å²) in [6.45, 7) is 0.537. The summed E-state index contributed by atoms with van der Waals surface area (Å²) in [4.78, 5) is 25.2. The molecule has 0 bridgehead atoms. The van der Waals surface area contributed by atoms with Gasteiger partial charge in [-0.25, -0.2) is 4.79 Å². The van der Waals surface area contributed by atoms with Crippen LogP contribution in [0.5, 0.6) is 0 Å². The summed E-state index contributed by atoms with van der Waals surface area (Å²) >= 11 is 12.0. The molecule has 3 rings (SSSR count). The molecule has 2 fully saturated rings. The van der Waals surface area contributed by atoms with Gasteiger partial charge in [-0.15, -0.1) is 0 Å². The second kappa shape index (κ2) is 5.50. The molecule has 1 N–H and O–H groups in total. The Hall–Kier alpha value is -1.26. The Morgan fingerprint density at radius 2 is 1.86 bits per heavy atom. The molecule has 1 saturated heterocycles. The lowest BCUT2D eigenvalue weighted by Crippen LogP contribution is -2.41. The molecule has 1 aliphatic heterocycles. The fourth-order valence-electron chi connectivity index (χ4n) is 3.13. The number of carboxylic acids is 1. The molecule has 21 heavy (non-hydrogen) atoms. The van der Waals surface area contributed by atoms with Gasteiger partial charge in [0.1, 0.15) is 6.04 Å². The minimum absolute atomic E-state index is 0.0546. The molecule has 4 nitrogen and oxygen atoms in total. The normalized spacial score (nSPS) is 27.7. The van der Waals surface area contributed by atoms with Gasteiger partial charge in [-0.2, -0.15) is 0 Å². The predicted molar refractivity (Wildman–Crippen MR) is 79.7 cm³/mol. The minimum atomic E-state index is -0.913. The second-order valence-corrected chi connectivity index (χ2v) is 6.55. The van der Waals surface area contributed by atoms with Crippen molar-refractivity contribution >= 4 is 35.1 Å². The van der Waals surface area contributed by atoms with E-state index >= 15 is 0 Å². The van der Waals surface area contributed by atoms with Crippen LogP contribution >= 0.6 is 23.2 Å². The van der Waals surface area contributed by atoms with Crippen LogP contribution in [-0.2, 0) is 9.59 Å². The fourth-order valence-corrected chi connectivity index (χ4v) is 3.67. The maximum absolute atomic E-state index is 12.5. The molecular weight excluding hydrogens is 313 g/mol. The van der Waals surface area contributed by atoms with E-state index < -0.39 is 12.0 Å². The summed E-state index contributed by atoms with van der Waals surface area (Å²) in [6, 6.07) is 4.64. The molecule has 1 saturated carbocycles. The standard InChI is InChI=1S/C15H15Cl2NO3/c16-9-4-8(5-10(17)6-9)11-7-12(11)14(19)18-3-1-2-13(18)15(20)21/h4-6,11-13H,1-3,7H2,(H,20,21). The van der Waals surface area contributed by atoms with Crippen molar-refractivity contribution in [1.82, 2.24) is 4.90 Å². The van der Waals surface area contributed by atoms with E-state index in [4.69, 9.17) is 28.3 Å². The van der Waals surface area contributed by atoms with Gasteiger partial charge >= 0.3 is 5.97 Å². The molecule has 1 amide bonds. The van der Waals surface area contributed by atoms with Crippen LogP contribution in [0.15, 0.2) is 18.2 Å². The molecule has 1 heterocycles. The van der Waals surface area contributed by atoms with E-state index in [1.165, 1.54) is 4.90 Å². The van der Waals surface area contributed by atoms with Crippen LogP contribution in [0.1, 0.15) is 30.7 Å². The number of hydrogen-bond donors (Lipinski definition) is 1. The summed E-state index contributed by atoms with van der Waals surface area (Å²) < 4.78 is 0. The highest BCUT2D eigenvalue weighted by molar-refractivity contribution is 6.34. The van der Waals surface area contributed by atoms with Crippen molar-refractivity contribution in [3.05, 3.63) is 33.8 Å². The van der Waals surface area contributed by atoms with E-state index in [1.807, 2.05) is 12.1 Å². The number of hydrogen-bond acceptors (Lipinski definition) is 2. The zero-order chi connectivity index (χ0) is 15.1. The van der Waals surface area contributed by atoms with Gasteiger partial charge in [-0.3, -0.25) is 4.79 Å². The van der Waals surface area contributed by atoms with Crippen LogP contribution in [-0.4, -0.2) is 34.5 Å². The number of halogens is 2. The minimum Gasteiger partial charge on any atom is -0.480 e. The molecule has 112 valence electrons. The highest BCUT2D eigenvalue weighted by Gasteiger charge is 2.48. The third-order valence-electron chi connectivity index (χ3n) is 4.24. The molecule has 1 aromatic carbocycles. The fraction of sp³-hybridized carbons (Fsp3) is 0.467. The Morgan fingerprint density at radius 3 is 2.48 bits per heavy atom. The lowest BCUT2D eigenvalue weighted by Gasteiger charge is -2.21. The number of aliphatic carboxylic acids is 1. The number of carboxylic acid groups (broad SMARTS) is 1. The van der Waals surface area contributed by atoms with Crippen molar-refractivity contribution in [2.75, 3.05) is 6.54 Å². The Balaban J connectivity index is 1.72. The Bertz CT molecular complexity index is 584. The van der Waals surface area contributed by atoms with Crippen LogP contribution in [0.25, 0.3) is 0 Å². The van der Waals surface area contributed by atoms with Gasteiger partial charge in [0.15, 0.2) is 0 Å². The van der Waals surface area contributed by atoms with Gasteiger partial charge in [0, 0.05) is 22.5 Å². The van der Waals surface area contributed by atoms with Gasteiger partial charge in [-0.05, 0) is 48.9 Å². The first-order valence-electron chi connectivity index (χ1n) is 6.96. The molecule has 1 aromatic rings. The maximum atomic E-state index is 12.5. The first-order chi connectivity index (χ1) is 9.97. The summed E-state index contributed by atoms with van der Waals surface area (Å²) in [5.74, 6) is -1.01. The Labute approximate surface area is 132 Å². The van der Waals surface area contributed by atoms with E-state index in [-0.39, 0.29) is 17.7 Å². The SMILES string of the molecule is O=C(O)C1CCCN1C(=O)C1CC1c1cc(Cl)cc(Cl)c1. The van der Waals surface area contributed by atoms with Gasteiger partial charge in [0.05, 0.1) is 0 Å². The topological polar surface area (TPSA) is 57.6 Å². The molecule has 0 aromatic heterocycles. The second-order valence-electron chi connectivity index (χ2n) is 5.68. The average Bonchev–Trinajstić information content (AvgIpc) is 3.05. The van der Waals surface area contributed by atoms with Gasteiger partial charge in [0.2, 0.25) is 5.91 Å². The summed E-state index contributed by atoms with van der Waals surface area (Å²) in [5.41, 5.74) is 0.955. The number of benzene rings is 1. The lowest BCUT2D eigenvalue weighted by atomic mass is 10.1. The molecule has 6 heteroatoms. The van der Waals surface area contributed by atoms with Gasteiger partial charge in [-0.1, -0.05) is 23.2 Å². The largest absolute Gasteiger partial charge is 0.480 e. The van der Waals surface area contributed by atoms with Crippen LogP contribution in [0.4, 0.5) is 0 Å². The van der Waals surface area contributed by atoms with Crippen molar-refractivity contribution < 1.29 is 14.7 Å². The molecule has 0 radical (unpaired) electrons.